The maximum atomic E-state index is 12.4. The fraction of sp³-hybridized carbons (Fsp3) is 0.318. The Morgan fingerprint density at radius 3 is 2.41 bits per heavy atom. The van der Waals surface area contributed by atoms with Gasteiger partial charge in [0.15, 0.2) is 0 Å². The highest BCUT2D eigenvalue weighted by Crippen LogP contribution is 2.22. The maximum absolute atomic E-state index is 12.4. The van der Waals surface area contributed by atoms with E-state index in [9.17, 15) is 22.8 Å². The Hall–Kier alpha value is -3.40. The molecule has 32 heavy (non-hydrogen) atoms. The van der Waals surface area contributed by atoms with Crippen molar-refractivity contribution in [2.45, 2.75) is 37.6 Å². The van der Waals surface area contributed by atoms with Gasteiger partial charge in [-0.2, -0.15) is 0 Å². The van der Waals surface area contributed by atoms with Crippen molar-refractivity contribution in [3.63, 3.8) is 0 Å². The molecule has 0 fully saturated rings. The van der Waals surface area contributed by atoms with Crippen LogP contribution in [0, 0.1) is 0 Å². The minimum Gasteiger partial charge on any atom is -0.337 e. The van der Waals surface area contributed by atoms with Crippen LogP contribution in [-0.2, 0) is 23.0 Å². The first-order chi connectivity index (χ1) is 15.3. The summed E-state index contributed by atoms with van der Waals surface area (Å²) in [6, 6.07) is 11.9. The van der Waals surface area contributed by atoms with Gasteiger partial charge in [-0.3, -0.25) is 9.69 Å². The molecule has 2 aromatic rings. The molecule has 2 aromatic carbocycles. The van der Waals surface area contributed by atoms with E-state index >= 15 is 0 Å². The third-order valence-electron chi connectivity index (χ3n) is 5.03. The van der Waals surface area contributed by atoms with Gasteiger partial charge in [0, 0.05) is 18.7 Å². The largest absolute Gasteiger partial charge is 0.337 e. The minimum atomic E-state index is -3.97. The molecule has 3 N–H and O–H groups in total. The van der Waals surface area contributed by atoms with E-state index in [0.29, 0.717) is 18.5 Å². The number of fused-ring (bicyclic) bond motifs is 1. The molecule has 5 amide bonds. The van der Waals surface area contributed by atoms with Crippen molar-refractivity contribution in [1.29, 1.82) is 0 Å². The predicted molar refractivity (Wildman–Crippen MR) is 118 cm³/mol. The van der Waals surface area contributed by atoms with Crippen LogP contribution >= 0.6 is 0 Å². The summed E-state index contributed by atoms with van der Waals surface area (Å²) in [4.78, 5) is 37.5. The quantitative estimate of drug-likeness (QED) is 0.524. The Kier molecular flexibility index (Phi) is 7.47. The van der Waals surface area contributed by atoms with E-state index in [1.165, 1.54) is 12.1 Å². The van der Waals surface area contributed by atoms with Crippen LogP contribution in [0.15, 0.2) is 53.4 Å². The summed E-state index contributed by atoms with van der Waals surface area (Å²) in [5.41, 5.74) is 2.15. The molecule has 0 saturated heterocycles. The summed E-state index contributed by atoms with van der Waals surface area (Å²) in [5.74, 6) is -0.320. The lowest BCUT2D eigenvalue weighted by Crippen LogP contribution is -2.40. The molecule has 0 saturated carbocycles. The van der Waals surface area contributed by atoms with Gasteiger partial charge in [0.05, 0.1) is 11.4 Å². The Morgan fingerprint density at radius 2 is 1.72 bits per heavy atom. The molecule has 3 rings (SSSR count). The van der Waals surface area contributed by atoms with E-state index in [4.69, 9.17) is 0 Å². The van der Waals surface area contributed by atoms with E-state index in [1.54, 1.807) is 24.3 Å². The number of carbonyl (C=O) groups is 3. The Balaban J connectivity index is 1.48. The van der Waals surface area contributed by atoms with E-state index in [-0.39, 0.29) is 23.9 Å². The molecule has 0 bridgehead atoms. The number of hydrogen-bond acceptors (Lipinski definition) is 5. The van der Waals surface area contributed by atoms with Gasteiger partial charge >= 0.3 is 12.1 Å². The van der Waals surface area contributed by atoms with Gasteiger partial charge in [-0.15, -0.1) is 0 Å². The zero-order valence-corrected chi connectivity index (χ0v) is 18.6. The summed E-state index contributed by atoms with van der Waals surface area (Å²) < 4.78 is 26.6. The van der Waals surface area contributed by atoms with E-state index in [2.05, 4.69) is 10.6 Å². The molecular weight excluding hydrogens is 432 g/mol. The highest BCUT2D eigenvalue weighted by Gasteiger charge is 2.31. The molecule has 0 spiro atoms. The zero-order valence-electron chi connectivity index (χ0n) is 17.8. The van der Waals surface area contributed by atoms with Gasteiger partial charge in [0.25, 0.3) is 15.9 Å². The van der Waals surface area contributed by atoms with Crippen LogP contribution in [0.3, 0.4) is 0 Å². The molecule has 9 nitrogen and oxygen atoms in total. The van der Waals surface area contributed by atoms with Gasteiger partial charge < -0.3 is 10.6 Å². The standard InChI is InChI=1S/C22H26N4O5S/c1-2-3-13-23-21(28)25-32(30,31)18-10-8-16(9-11-18)12-14-24-22(29)26-15-17-6-4-5-7-19(17)20(26)27/h4-11H,2-3,12-15H2,1H3,(H,24,29)(H2,23,25,28). The predicted octanol–water partition coefficient (Wildman–Crippen LogP) is 2.38. The van der Waals surface area contributed by atoms with E-state index < -0.39 is 22.1 Å². The fourth-order valence-corrected chi connectivity index (χ4v) is 4.19. The second-order valence-corrected chi connectivity index (χ2v) is 9.07. The first-order valence-corrected chi connectivity index (χ1v) is 11.9. The summed E-state index contributed by atoms with van der Waals surface area (Å²) in [6.07, 6.45) is 2.10. The smallest absolute Gasteiger partial charge is 0.328 e. The van der Waals surface area contributed by atoms with Crippen LogP contribution in [0.2, 0.25) is 0 Å². The molecule has 0 aliphatic carbocycles. The average molecular weight is 459 g/mol. The Bertz CT molecular complexity index is 1100. The molecule has 1 heterocycles. The lowest BCUT2D eigenvalue weighted by Gasteiger charge is -2.15. The first-order valence-electron chi connectivity index (χ1n) is 10.4. The van der Waals surface area contributed by atoms with Crippen molar-refractivity contribution in [3.05, 3.63) is 65.2 Å². The number of benzene rings is 2. The zero-order chi connectivity index (χ0) is 23.1. The van der Waals surface area contributed by atoms with Gasteiger partial charge in [0.1, 0.15) is 0 Å². The molecular formula is C22H26N4O5S. The number of urea groups is 2. The van der Waals surface area contributed by atoms with E-state index in [0.717, 1.165) is 28.9 Å². The lowest BCUT2D eigenvalue weighted by molar-refractivity contribution is 0.0821. The van der Waals surface area contributed by atoms with Crippen LogP contribution in [0.5, 0.6) is 0 Å². The van der Waals surface area contributed by atoms with Gasteiger partial charge in [-0.05, 0) is 42.2 Å². The third-order valence-corrected chi connectivity index (χ3v) is 6.38. The van der Waals surface area contributed by atoms with Crippen molar-refractivity contribution in [2.24, 2.45) is 0 Å². The van der Waals surface area contributed by atoms with Gasteiger partial charge in [-0.1, -0.05) is 43.7 Å². The second kappa shape index (κ2) is 10.3. The number of sulfonamides is 1. The normalized spacial score (nSPS) is 12.9. The molecule has 0 unspecified atom stereocenters. The molecule has 1 aliphatic heterocycles. The van der Waals surface area contributed by atoms with Gasteiger partial charge in [0.2, 0.25) is 0 Å². The molecule has 0 atom stereocenters. The summed E-state index contributed by atoms with van der Waals surface area (Å²) >= 11 is 0. The summed E-state index contributed by atoms with van der Waals surface area (Å²) in [5, 5.41) is 5.21. The van der Waals surface area contributed by atoms with Crippen LogP contribution in [0.25, 0.3) is 0 Å². The SMILES string of the molecule is CCCCNC(=O)NS(=O)(=O)c1ccc(CCNC(=O)N2Cc3ccccc3C2=O)cc1. The topological polar surface area (TPSA) is 125 Å². The number of unbranched alkanes of at least 4 members (excludes halogenated alkanes) is 1. The number of rotatable bonds is 8. The number of nitrogens with zero attached hydrogens (tertiary/aromatic N) is 1. The monoisotopic (exact) mass is 458 g/mol. The molecule has 0 aromatic heterocycles. The molecule has 170 valence electrons. The molecule has 1 aliphatic rings. The maximum Gasteiger partial charge on any atom is 0.328 e. The molecule has 0 radical (unpaired) electrons. The van der Waals surface area contributed by atoms with Crippen molar-refractivity contribution in [2.75, 3.05) is 13.1 Å². The van der Waals surface area contributed by atoms with Crippen LogP contribution < -0.4 is 15.4 Å². The van der Waals surface area contributed by atoms with Crippen molar-refractivity contribution in [3.8, 4) is 0 Å². The Morgan fingerprint density at radius 1 is 1.00 bits per heavy atom. The number of nitrogens with one attached hydrogen (secondary N) is 3. The number of amides is 5. The number of hydrogen-bond donors (Lipinski definition) is 3. The van der Waals surface area contributed by atoms with Crippen LogP contribution in [0.1, 0.15) is 41.3 Å². The van der Waals surface area contributed by atoms with Gasteiger partial charge in [-0.25, -0.2) is 22.7 Å². The lowest BCUT2D eigenvalue weighted by atomic mass is 10.1. The minimum absolute atomic E-state index is 0.0312. The van der Waals surface area contributed by atoms with Crippen molar-refractivity contribution >= 4 is 28.0 Å². The second-order valence-electron chi connectivity index (χ2n) is 7.39. The number of imide groups is 1. The Labute approximate surface area is 187 Å². The van der Waals surface area contributed by atoms with E-state index in [1.807, 2.05) is 23.8 Å². The molecule has 10 heteroatoms. The number of carbonyl (C=O) groups excluding carboxylic acids is 3. The highest BCUT2D eigenvalue weighted by atomic mass is 32.2. The first kappa shape index (κ1) is 23.3. The third kappa shape index (κ3) is 5.64. The fourth-order valence-electron chi connectivity index (χ4n) is 3.26. The van der Waals surface area contributed by atoms with Crippen molar-refractivity contribution in [1.82, 2.24) is 20.3 Å². The van der Waals surface area contributed by atoms with Crippen LogP contribution in [-0.4, -0.2) is 44.4 Å². The summed E-state index contributed by atoms with van der Waals surface area (Å²) in [6.45, 7) is 2.89. The summed E-state index contributed by atoms with van der Waals surface area (Å²) in [7, 11) is -3.97. The average Bonchev–Trinajstić information content (AvgIpc) is 3.11. The van der Waals surface area contributed by atoms with Crippen molar-refractivity contribution < 1.29 is 22.8 Å². The van der Waals surface area contributed by atoms with Crippen LogP contribution in [0.4, 0.5) is 9.59 Å². The highest BCUT2D eigenvalue weighted by molar-refractivity contribution is 7.90.